The van der Waals surface area contributed by atoms with E-state index in [1.165, 1.54) is 17.3 Å². The van der Waals surface area contributed by atoms with Gasteiger partial charge < -0.3 is 10.4 Å². The first-order valence-electron chi connectivity index (χ1n) is 5.85. The minimum absolute atomic E-state index is 0.00490. The van der Waals surface area contributed by atoms with E-state index in [1.54, 1.807) is 6.08 Å². The molecule has 96 valence electrons. The largest absolute Gasteiger partial charge is 0.505 e. The number of rotatable bonds is 3. The second kappa shape index (κ2) is 5.46. The van der Waals surface area contributed by atoms with Crippen LogP contribution in [0.5, 0.6) is 0 Å². The van der Waals surface area contributed by atoms with Gasteiger partial charge in [-0.1, -0.05) is 41.4 Å². The first-order valence-corrected chi connectivity index (χ1v) is 6.23. The van der Waals surface area contributed by atoms with Crippen LogP contribution in [0.25, 0.3) is 0 Å². The zero-order chi connectivity index (χ0) is 13.1. The van der Waals surface area contributed by atoms with Crippen LogP contribution < -0.4 is 5.32 Å². The van der Waals surface area contributed by atoms with Crippen LogP contribution in [0.2, 0.25) is 0 Å². The number of dihydropyridines is 1. The van der Waals surface area contributed by atoms with Gasteiger partial charge in [-0.15, -0.1) is 0 Å². The van der Waals surface area contributed by atoms with Gasteiger partial charge >= 0.3 is 0 Å². The molecule has 0 saturated carbocycles. The molecular weight excluding hydrogens is 248 g/mol. The zero-order valence-corrected chi connectivity index (χ0v) is 11.3. The minimum Gasteiger partial charge on any atom is -0.505 e. The molecule has 0 aromatic heterocycles. The first-order chi connectivity index (χ1) is 8.56. The van der Waals surface area contributed by atoms with E-state index in [4.69, 9.17) is 11.6 Å². The Bertz CT molecular complexity index is 479. The Labute approximate surface area is 112 Å². The van der Waals surface area contributed by atoms with Gasteiger partial charge in [-0.05, 0) is 25.6 Å². The lowest BCUT2D eigenvalue weighted by atomic mass is 10.1. The number of halogens is 1. The Hall–Kier alpha value is -1.45. The van der Waals surface area contributed by atoms with Crippen molar-refractivity contribution in [1.82, 2.24) is 10.2 Å². The van der Waals surface area contributed by atoms with Crippen LogP contribution >= 0.6 is 11.6 Å². The van der Waals surface area contributed by atoms with Crippen molar-refractivity contribution in [3.63, 3.8) is 0 Å². The number of nitrogens with zero attached hydrogens (tertiary/aromatic N) is 1. The Morgan fingerprint density at radius 1 is 1.33 bits per heavy atom. The summed E-state index contributed by atoms with van der Waals surface area (Å²) in [5.41, 5.74) is 2.50. The van der Waals surface area contributed by atoms with E-state index >= 15 is 0 Å². The molecule has 0 spiro atoms. The summed E-state index contributed by atoms with van der Waals surface area (Å²) in [6.07, 6.45) is 3.32. The van der Waals surface area contributed by atoms with Crippen molar-refractivity contribution >= 4 is 11.6 Å². The number of hydrogen-bond donors (Lipinski definition) is 2. The molecule has 2 N–H and O–H groups in total. The van der Waals surface area contributed by atoms with Crippen LogP contribution in [-0.2, 0) is 6.54 Å². The monoisotopic (exact) mass is 264 g/mol. The van der Waals surface area contributed by atoms with Gasteiger partial charge in [-0.25, -0.2) is 0 Å². The van der Waals surface area contributed by atoms with Crippen LogP contribution in [0.4, 0.5) is 0 Å². The predicted octanol–water partition coefficient (Wildman–Crippen LogP) is 2.88. The molecule has 1 aromatic rings. The van der Waals surface area contributed by atoms with E-state index in [1.807, 2.05) is 7.05 Å². The van der Waals surface area contributed by atoms with E-state index in [-0.39, 0.29) is 11.9 Å². The highest BCUT2D eigenvalue weighted by Gasteiger charge is 2.17. The number of aliphatic hydroxyl groups is 1. The molecular formula is C14H17ClN2O. The average Bonchev–Trinajstić information content (AvgIpc) is 2.35. The molecule has 0 bridgehead atoms. The third kappa shape index (κ3) is 3.06. The molecule has 3 nitrogen and oxygen atoms in total. The highest BCUT2D eigenvalue weighted by molar-refractivity contribution is 6.31. The van der Waals surface area contributed by atoms with Crippen molar-refractivity contribution < 1.29 is 5.11 Å². The second-order valence-electron chi connectivity index (χ2n) is 4.56. The number of nitrogens with one attached hydrogen (secondary N) is 1. The summed E-state index contributed by atoms with van der Waals surface area (Å²) in [5.74, 6) is 0.0802. The van der Waals surface area contributed by atoms with Gasteiger partial charge in [0, 0.05) is 12.7 Å². The van der Waals surface area contributed by atoms with Crippen LogP contribution in [0.15, 0.2) is 47.3 Å². The standard InChI is InChI=1S/C14H17ClN2O/c1-10-3-5-11(6-4-10)9-17(2)14-7-12(15)13(18)8-16-14/h3-8,14,16,18H,9H2,1-2H3. The molecule has 1 unspecified atom stereocenters. The van der Waals surface area contributed by atoms with Crippen molar-refractivity contribution in [2.24, 2.45) is 0 Å². The molecule has 1 heterocycles. The number of aliphatic hydroxyl groups excluding tert-OH is 1. The predicted molar refractivity (Wildman–Crippen MR) is 74.2 cm³/mol. The van der Waals surface area contributed by atoms with E-state index in [2.05, 4.69) is 41.4 Å². The third-order valence-corrected chi connectivity index (χ3v) is 3.29. The number of hydrogen-bond acceptors (Lipinski definition) is 3. The lowest BCUT2D eigenvalue weighted by Gasteiger charge is -2.28. The van der Waals surface area contributed by atoms with Crippen LogP contribution in [0, 0.1) is 6.92 Å². The molecule has 0 amide bonds. The highest BCUT2D eigenvalue weighted by Crippen LogP contribution is 2.18. The van der Waals surface area contributed by atoms with Crippen molar-refractivity contribution in [2.45, 2.75) is 19.6 Å². The van der Waals surface area contributed by atoms with Gasteiger partial charge in [0.05, 0.1) is 5.03 Å². The fourth-order valence-electron chi connectivity index (χ4n) is 1.84. The first kappa shape index (κ1) is 13.0. The van der Waals surface area contributed by atoms with Gasteiger partial charge in [-0.3, -0.25) is 4.90 Å². The summed E-state index contributed by atoms with van der Waals surface area (Å²) >= 11 is 5.91. The quantitative estimate of drug-likeness (QED) is 0.881. The molecule has 0 aliphatic carbocycles. The summed E-state index contributed by atoms with van der Waals surface area (Å²) in [6, 6.07) is 8.44. The highest BCUT2D eigenvalue weighted by atomic mass is 35.5. The normalized spacial score (nSPS) is 19.2. The molecule has 0 radical (unpaired) electrons. The van der Waals surface area contributed by atoms with Crippen LogP contribution in [0.1, 0.15) is 11.1 Å². The van der Waals surface area contributed by atoms with E-state index in [9.17, 15) is 5.11 Å². The summed E-state index contributed by atoms with van der Waals surface area (Å²) in [5, 5.41) is 12.8. The topological polar surface area (TPSA) is 35.5 Å². The maximum absolute atomic E-state index is 9.38. The maximum atomic E-state index is 9.38. The molecule has 1 aliphatic rings. The van der Waals surface area contributed by atoms with Gasteiger partial charge in [0.25, 0.3) is 0 Å². The minimum atomic E-state index is -0.00490. The fourth-order valence-corrected chi connectivity index (χ4v) is 2.01. The molecule has 1 aromatic carbocycles. The van der Waals surface area contributed by atoms with Gasteiger partial charge in [0.15, 0.2) is 0 Å². The molecule has 2 rings (SSSR count). The lowest BCUT2D eigenvalue weighted by Crippen LogP contribution is -2.40. The fraction of sp³-hybridized carbons (Fsp3) is 0.286. The third-order valence-electron chi connectivity index (χ3n) is 2.97. The van der Waals surface area contributed by atoms with Crippen molar-refractivity contribution in [2.75, 3.05) is 7.05 Å². The van der Waals surface area contributed by atoms with E-state index in [0.29, 0.717) is 5.03 Å². The molecule has 4 heteroatoms. The van der Waals surface area contributed by atoms with Crippen LogP contribution in [-0.4, -0.2) is 23.2 Å². The SMILES string of the molecule is Cc1ccc(CN(C)C2C=C(Cl)C(O)=CN2)cc1. The van der Waals surface area contributed by atoms with Crippen molar-refractivity contribution in [3.05, 3.63) is 58.5 Å². The Balaban J connectivity index is 2.01. The number of likely N-dealkylation sites (N-methyl/N-ethyl adjacent to an activating group) is 1. The number of aryl methyl sites for hydroxylation is 1. The molecule has 18 heavy (non-hydrogen) atoms. The van der Waals surface area contributed by atoms with Crippen LogP contribution in [0.3, 0.4) is 0 Å². The number of benzene rings is 1. The summed E-state index contributed by atoms with van der Waals surface area (Å²) in [4.78, 5) is 2.12. The Kier molecular flexibility index (Phi) is 3.94. The summed E-state index contributed by atoms with van der Waals surface area (Å²) in [6.45, 7) is 2.89. The van der Waals surface area contributed by atoms with Gasteiger partial charge in [0.2, 0.25) is 0 Å². The number of allylic oxidation sites excluding steroid dienone is 1. The molecule has 0 saturated heterocycles. The Morgan fingerprint density at radius 3 is 2.61 bits per heavy atom. The molecule has 1 atom stereocenters. The van der Waals surface area contributed by atoms with Gasteiger partial charge in [0.1, 0.15) is 11.9 Å². The maximum Gasteiger partial charge on any atom is 0.149 e. The summed E-state index contributed by atoms with van der Waals surface area (Å²) in [7, 11) is 2.01. The van der Waals surface area contributed by atoms with Crippen molar-refractivity contribution in [3.8, 4) is 0 Å². The Morgan fingerprint density at radius 2 is 2.00 bits per heavy atom. The van der Waals surface area contributed by atoms with Gasteiger partial charge in [-0.2, -0.15) is 0 Å². The second-order valence-corrected chi connectivity index (χ2v) is 4.96. The van der Waals surface area contributed by atoms with Crippen molar-refractivity contribution in [1.29, 1.82) is 0 Å². The van der Waals surface area contributed by atoms with E-state index in [0.717, 1.165) is 6.54 Å². The molecule has 1 aliphatic heterocycles. The molecule has 0 fully saturated rings. The van der Waals surface area contributed by atoms with E-state index < -0.39 is 0 Å². The smallest absolute Gasteiger partial charge is 0.149 e. The lowest BCUT2D eigenvalue weighted by molar-refractivity contribution is 0.246. The zero-order valence-electron chi connectivity index (χ0n) is 10.5. The average molecular weight is 265 g/mol. The summed E-state index contributed by atoms with van der Waals surface area (Å²) < 4.78 is 0.